The summed E-state index contributed by atoms with van der Waals surface area (Å²) in [4.78, 5) is 15.6. The molecule has 0 spiro atoms. The van der Waals surface area contributed by atoms with Gasteiger partial charge in [-0.15, -0.1) is 0 Å². The molecule has 0 bridgehead atoms. The summed E-state index contributed by atoms with van der Waals surface area (Å²) in [5, 5.41) is 0. The summed E-state index contributed by atoms with van der Waals surface area (Å²) < 4.78 is 84.4. The topological polar surface area (TPSA) is 85.4 Å². The highest BCUT2D eigenvalue weighted by Crippen LogP contribution is 2.39. The third-order valence-corrected chi connectivity index (χ3v) is 9.80. The number of hydrogen-bond acceptors (Lipinski definition) is 6. The molecule has 0 saturated carbocycles. The number of methoxy groups -OCH3 is 2. The van der Waals surface area contributed by atoms with Gasteiger partial charge in [0.25, 0.3) is 5.91 Å². The lowest BCUT2D eigenvalue weighted by Gasteiger charge is -2.37. The van der Waals surface area contributed by atoms with Gasteiger partial charge < -0.3 is 19.1 Å². The molecule has 8 nitrogen and oxygen atoms in total. The van der Waals surface area contributed by atoms with Crippen molar-refractivity contribution < 1.29 is 40.6 Å². The Morgan fingerprint density at radius 3 is 2.23 bits per heavy atom. The third-order valence-electron chi connectivity index (χ3n) is 7.89. The van der Waals surface area contributed by atoms with Crippen molar-refractivity contribution in [2.75, 3.05) is 40.5 Å². The number of piperidine rings is 1. The van der Waals surface area contributed by atoms with Crippen molar-refractivity contribution in [1.82, 2.24) is 9.21 Å². The van der Waals surface area contributed by atoms with Gasteiger partial charge in [-0.25, -0.2) is 8.42 Å². The monoisotopic (exact) mass is 618 g/mol. The second kappa shape index (κ2) is 12.5. The van der Waals surface area contributed by atoms with Crippen LogP contribution < -0.4 is 14.2 Å². The van der Waals surface area contributed by atoms with Crippen LogP contribution in [0.15, 0.2) is 65.6 Å². The molecule has 1 fully saturated rings. The zero-order chi connectivity index (χ0) is 30.8. The van der Waals surface area contributed by atoms with Crippen molar-refractivity contribution in [2.24, 2.45) is 0 Å². The summed E-state index contributed by atoms with van der Waals surface area (Å²) in [6.45, 7) is 1.11. The molecule has 0 aromatic heterocycles. The fourth-order valence-electron chi connectivity index (χ4n) is 5.58. The molecule has 2 aliphatic heterocycles. The van der Waals surface area contributed by atoms with Crippen LogP contribution in [0.3, 0.4) is 0 Å². The number of carbonyl (C=O) groups is 1. The Hall–Kier alpha value is -3.77. The first-order chi connectivity index (χ1) is 20.5. The normalized spacial score (nSPS) is 17.7. The van der Waals surface area contributed by atoms with Crippen molar-refractivity contribution >= 4 is 15.9 Å². The molecule has 0 N–H and O–H groups in total. The van der Waals surface area contributed by atoms with Crippen LogP contribution in [0.4, 0.5) is 13.2 Å². The fourth-order valence-corrected chi connectivity index (χ4v) is 7.10. The SMILES string of the molecule is COc1cc2c(cc1OC)[C@H](COc1cccc(C(F)(F)F)c1)N(C(=O)c1ccc(S(=O)(=O)N3CCCCC3)cc1)CC2. The first-order valence-corrected chi connectivity index (χ1v) is 15.4. The molecule has 1 saturated heterocycles. The van der Waals surface area contributed by atoms with Gasteiger partial charge in [0.05, 0.1) is 30.7 Å². The number of ether oxygens (including phenoxy) is 3. The van der Waals surface area contributed by atoms with Gasteiger partial charge in [-0.1, -0.05) is 12.5 Å². The van der Waals surface area contributed by atoms with Gasteiger partial charge in [0, 0.05) is 25.2 Å². The molecule has 43 heavy (non-hydrogen) atoms. The number of carbonyl (C=O) groups excluding carboxylic acids is 1. The average molecular weight is 619 g/mol. The minimum Gasteiger partial charge on any atom is -0.493 e. The molecular formula is C31H33F3N2O6S. The summed E-state index contributed by atoms with van der Waals surface area (Å²) in [5.74, 6) is 0.609. The Balaban J connectivity index is 1.44. The molecule has 0 aliphatic carbocycles. The predicted octanol–water partition coefficient (Wildman–Crippen LogP) is 5.72. The van der Waals surface area contributed by atoms with Crippen LogP contribution in [0, 0.1) is 0 Å². The van der Waals surface area contributed by atoms with E-state index in [-0.39, 0.29) is 28.7 Å². The van der Waals surface area contributed by atoms with E-state index in [1.807, 2.05) is 6.07 Å². The maximum atomic E-state index is 13.9. The van der Waals surface area contributed by atoms with Crippen molar-refractivity contribution in [2.45, 2.75) is 42.8 Å². The number of nitrogens with zero attached hydrogens (tertiary/aromatic N) is 2. The summed E-state index contributed by atoms with van der Waals surface area (Å²) in [5.41, 5.74) is 1.05. The minimum atomic E-state index is -4.53. The first-order valence-electron chi connectivity index (χ1n) is 14.0. The van der Waals surface area contributed by atoms with E-state index in [0.29, 0.717) is 43.1 Å². The van der Waals surface area contributed by atoms with Crippen molar-refractivity contribution in [3.63, 3.8) is 0 Å². The van der Waals surface area contributed by atoms with E-state index in [9.17, 15) is 26.4 Å². The average Bonchev–Trinajstić information content (AvgIpc) is 3.02. The molecule has 12 heteroatoms. The zero-order valence-electron chi connectivity index (χ0n) is 23.9. The minimum absolute atomic E-state index is 0.0158. The van der Waals surface area contributed by atoms with E-state index < -0.39 is 27.8 Å². The van der Waals surface area contributed by atoms with Gasteiger partial charge in [0.1, 0.15) is 12.4 Å². The maximum Gasteiger partial charge on any atom is 0.416 e. The van der Waals surface area contributed by atoms with Crippen LogP contribution in [-0.2, 0) is 22.6 Å². The molecule has 1 amide bonds. The van der Waals surface area contributed by atoms with Gasteiger partial charge in [0.15, 0.2) is 11.5 Å². The third kappa shape index (κ3) is 6.45. The molecule has 0 unspecified atom stereocenters. The fraction of sp³-hybridized carbons (Fsp3) is 0.387. The number of hydrogen-bond donors (Lipinski definition) is 0. The lowest BCUT2D eigenvalue weighted by Crippen LogP contribution is -2.42. The molecular weight excluding hydrogens is 585 g/mol. The Kier molecular flexibility index (Phi) is 8.89. The number of fused-ring (bicyclic) bond motifs is 1. The number of benzene rings is 3. The summed E-state index contributed by atoms with van der Waals surface area (Å²) >= 11 is 0. The lowest BCUT2D eigenvalue weighted by atomic mass is 9.91. The van der Waals surface area contributed by atoms with E-state index in [1.54, 1.807) is 11.0 Å². The number of sulfonamides is 1. The van der Waals surface area contributed by atoms with Gasteiger partial charge in [-0.2, -0.15) is 17.5 Å². The van der Waals surface area contributed by atoms with Crippen molar-refractivity contribution in [3.8, 4) is 17.2 Å². The highest BCUT2D eigenvalue weighted by Gasteiger charge is 2.35. The van der Waals surface area contributed by atoms with E-state index in [2.05, 4.69) is 0 Å². The lowest BCUT2D eigenvalue weighted by molar-refractivity contribution is -0.137. The Morgan fingerprint density at radius 2 is 1.58 bits per heavy atom. The van der Waals surface area contributed by atoms with Gasteiger partial charge in [-0.3, -0.25) is 4.79 Å². The number of rotatable bonds is 8. The van der Waals surface area contributed by atoms with Crippen LogP contribution in [0.5, 0.6) is 17.2 Å². The molecule has 0 radical (unpaired) electrons. The van der Waals surface area contributed by atoms with Crippen molar-refractivity contribution in [1.29, 1.82) is 0 Å². The predicted molar refractivity (Wildman–Crippen MR) is 153 cm³/mol. The number of alkyl halides is 3. The second-order valence-electron chi connectivity index (χ2n) is 10.5. The molecule has 2 heterocycles. The standard InChI is InChI=1S/C31H33F3N2O6S/c1-40-28-17-22-13-16-36(30(37)21-9-11-25(12-10-21)43(38,39)35-14-4-3-5-15-35)27(26(22)19-29(28)41-2)20-42-24-8-6-7-23(18-24)31(32,33)34/h6-12,17-19,27H,3-5,13-16,20H2,1-2H3/t27-/m0/s1. The second-order valence-corrected chi connectivity index (χ2v) is 12.4. The quantitative estimate of drug-likeness (QED) is 0.321. The van der Waals surface area contributed by atoms with E-state index in [1.165, 1.54) is 54.9 Å². The van der Waals surface area contributed by atoms with Gasteiger partial charge >= 0.3 is 6.18 Å². The number of halogens is 3. The molecule has 3 aromatic carbocycles. The van der Waals surface area contributed by atoms with Crippen LogP contribution in [0.2, 0.25) is 0 Å². The molecule has 1 atom stereocenters. The Labute approximate surface area is 249 Å². The smallest absolute Gasteiger partial charge is 0.416 e. The van der Waals surface area contributed by atoms with E-state index >= 15 is 0 Å². The van der Waals surface area contributed by atoms with Crippen LogP contribution in [0.25, 0.3) is 0 Å². The molecule has 3 aromatic rings. The molecule has 2 aliphatic rings. The van der Waals surface area contributed by atoms with Gasteiger partial charge in [-0.05, 0) is 85.0 Å². The Bertz CT molecular complexity index is 1570. The zero-order valence-corrected chi connectivity index (χ0v) is 24.7. The van der Waals surface area contributed by atoms with Crippen LogP contribution >= 0.6 is 0 Å². The van der Waals surface area contributed by atoms with Crippen LogP contribution in [0.1, 0.15) is 52.4 Å². The first kappa shape index (κ1) is 30.7. The van der Waals surface area contributed by atoms with Crippen molar-refractivity contribution in [3.05, 3.63) is 82.9 Å². The Morgan fingerprint density at radius 1 is 0.907 bits per heavy atom. The largest absolute Gasteiger partial charge is 0.493 e. The highest BCUT2D eigenvalue weighted by molar-refractivity contribution is 7.89. The van der Waals surface area contributed by atoms with E-state index in [0.717, 1.165) is 37.0 Å². The molecule has 5 rings (SSSR count). The maximum absolute atomic E-state index is 13.9. The van der Waals surface area contributed by atoms with E-state index in [4.69, 9.17) is 14.2 Å². The summed E-state index contributed by atoms with van der Waals surface area (Å²) in [6, 6.07) is 13.4. The summed E-state index contributed by atoms with van der Waals surface area (Å²) in [7, 11) is -0.655. The van der Waals surface area contributed by atoms with Gasteiger partial charge in [0.2, 0.25) is 10.0 Å². The number of amides is 1. The highest BCUT2D eigenvalue weighted by atomic mass is 32.2. The summed E-state index contributed by atoms with van der Waals surface area (Å²) in [6.07, 6.45) is -1.42. The van der Waals surface area contributed by atoms with Crippen LogP contribution in [-0.4, -0.2) is 64.0 Å². The molecule has 230 valence electrons.